The highest BCUT2D eigenvalue weighted by Crippen LogP contribution is 2.34. The van der Waals surface area contributed by atoms with Crippen molar-refractivity contribution in [2.24, 2.45) is 0 Å². The summed E-state index contributed by atoms with van der Waals surface area (Å²) in [6.45, 7) is 3.27. The molecular weight excluding hydrogens is 267 g/mol. The summed E-state index contributed by atoms with van der Waals surface area (Å²) in [6.07, 6.45) is -0.250. The van der Waals surface area contributed by atoms with Gasteiger partial charge >= 0.3 is 0 Å². The van der Waals surface area contributed by atoms with Gasteiger partial charge in [0.05, 0.1) is 13.2 Å². The van der Waals surface area contributed by atoms with Gasteiger partial charge in [-0.15, -0.1) is 0 Å². The minimum absolute atomic E-state index is 0.250. The molecule has 0 saturated carbocycles. The lowest BCUT2D eigenvalue weighted by Crippen LogP contribution is -2.00. The number of ether oxygens (including phenoxy) is 2. The van der Waals surface area contributed by atoms with Crippen molar-refractivity contribution >= 4 is 27.5 Å². The molecule has 1 aliphatic rings. The quantitative estimate of drug-likeness (QED) is 0.783. The summed E-state index contributed by atoms with van der Waals surface area (Å²) in [5, 5.41) is 0.749. The maximum atomic E-state index is 5.98. The van der Waals surface area contributed by atoms with Crippen LogP contribution >= 0.6 is 27.5 Å². The second-order valence-electron chi connectivity index (χ2n) is 3.15. The Morgan fingerprint density at radius 3 is 2.64 bits per heavy atom. The molecule has 0 aliphatic carbocycles. The van der Waals surface area contributed by atoms with Gasteiger partial charge in [0.15, 0.2) is 6.29 Å². The normalized spacial score (nSPS) is 17.6. The Hall–Kier alpha value is -0.0900. The molecular formula is C10H10BrClO2. The molecule has 0 aromatic heterocycles. The number of hydrogen-bond acceptors (Lipinski definition) is 2. The van der Waals surface area contributed by atoms with Crippen LogP contribution in [0.1, 0.15) is 17.4 Å². The Kier molecular flexibility index (Phi) is 3.12. The van der Waals surface area contributed by atoms with Crippen molar-refractivity contribution in [1.82, 2.24) is 0 Å². The standard InChI is InChI=1S/C10H10BrClO2/c1-6-8(12)3-2-7(9(6)11)10-13-4-5-14-10/h2-3,10H,4-5H2,1H3. The first-order valence-electron chi connectivity index (χ1n) is 4.38. The predicted octanol–water partition coefficient (Wildman–Crippen LogP) is 3.46. The molecule has 1 saturated heterocycles. The summed E-state index contributed by atoms with van der Waals surface area (Å²) in [6, 6.07) is 3.79. The molecule has 0 unspecified atom stereocenters. The summed E-state index contributed by atoms with van der Waals surface area (Å²) >= 11 is 9.48. The summed E-state index contributed by atoms with van der Waals surface area (Å²) in [7, 11) is 0. The molecule has 1 fully saturated rings. The molecule has 76 valence electrons. The largest absolute Gasteiger partial charge is 0.346 e. The zero-order valence-electron chi connectivity index (χ0n) is 7.72. The van der Waals surface area contributed by atoms with Crippen LogP contribution in [0.2, 0.25) is 5.02 Å². The van der Waals surface area contributed by atoms with Crippen molar-refractivity contribution < 1.29 is 9.47 Å². The van der Waals surface area contributed by atoms with E-state index in [1.807, 2.05) is 19.1 Å². The first-order chi connectivity index (χ1) is 6.70. The topological polar surface area (TPSA) is 18.5 Å². The van der Waals surface area contributed by atoms with Crippen molar-refractivity contribution in [3.05, 3.63) is 32.8 Å². The van der Waals surface area contributed by atoms with Crippen LogP contribution in [0.5, 0.6) is 0 Å². The van der Waals surface area contributed by atoms with Crippen molar-refractivity contribution in [3.63, 3.8) is 0 Å². The molecule has 2 rings (SSSR count). The van der Waals surface area contributed by atoms with Crippen LogP contribution in [-0.2, 0) is 9.47 Å². The number of rotatable bonds is 1. The Morgan fingerprint density at radius 2 is 2.00 bits per heavy atom. The van der Waals surface area contributed by atoms with E-state index in [0.29, 0.717) is 13.2 Å². The van der Waals surface area contributed by atoms with Crippen LogP contribution in [0, 0.1) is 6.92 Å². The van der Waals surface area contributed by atoms with E-state index in [1.54, 1.807) is 0 Å². The van der Waals surface area contributed by atoms with E-state index in [1.165, 1.54) is 0 Å². The average molecular weight is 278 g/mol. The van der Waals surface area contributed by atoms with Crippen LogP contribution in [0.4, 0.5) is 0 Å². The molecule has 2 nitrogen and oxygen atoms in total. The molecule has 4 heteroatoms. The smallest absolute Gasteiger partial charge is 0.185 e. The highest BCUT2D eigenvalue weighted by atomic mass is 79.9. The summed E-state index contributed by atoms with van der Waals surface area (Å²) in [5.41, 5.74) is 2.02. The van der Waals surface area contributed by atoms with E-state index in [4.69, 9.17) is 21.1 Å². The van der Waals surface area contributed by atoms with E-state index in [0.717, 1.165) is 20.6 Å². The third-order valence-electron chi connectivity index (χ3n) is 2.23. The maximum absolute atomic E-state index is 5.98. The van der Waals surface area contributed by atoms with Crippen molar-refractivity contribution in [2.75, 3.05) is 13.2 Å². The molecule has 1 heterocycles. The van der Waals surface area contributed by atoms with Gasteiger partial charge in [0, 0.05) is 15.1 Å². The Balaban J connectivity index is 2.38. The fraction of sp³-hybridized carbons (Fsp3) is 0.400. The second-order valence-corrected chi connectivity index (χ2v) is 4.35. The SMILES string of the molecule is Cc1c(Cl)ccc(C2OCCO2)c1Br. The zero-order valence-corrected chi connectivity index (χ0v) is 10.1. The van der Waals surface area contributed by atoms with Crippen molar-refractivity contribution in [3.8, 4) is 0 Å². The average Bonchev–Trinajstić information content (AvgIpc) is 2.67. The summed E-state index contributed by atoms with van der Waals surface area (Å²) in [4.78, 5) is 0. The highest BCUT2D eigenvalue weighted by Gasteiger charge is 2.21. The van der Waals surface area contributed by atoms with Crippen LogP contribution in [0.15, 0.2) is 16.6 Å². The van der Waals surface area contributed by atoms with Crippen LogP contribution in [-0.4, -0.2) is 13.2 Å². The Bertz CT molecular complexity index is 348. The summed E-state index contributed by atoms with van der Waals surface area (Å²) < 4.78 is 11.8. The lowest BCUT2D eigenvalue weighted by atomic mass is 10.1. The van der Waals surface area contributed by atoms with Gasteiger partial charge in [-0.2, -0.15) is 0 Å². The Labute approximate surface area is 96.3 Å². The highest BCUT2D eigenvalue weighted by molar-refractivity contribution is 9.10. The van der Waals surface area contributed by atoms with E-state index >= 15 is 0 Å². The molecule has 1 aliphatic heterocycles. The number of halogens is 2. The van der Waals surface area contributed by atoms with Gasteiger partial charge < -0.3 is 9.47 Å². The molecule has 1 aromatic rings. The van der Waals surface area contributed by atoms with Gasteiger partial charge in [0.1, 0.15) is 0 Å². The molecule has 0 amide bonds. The molecule has 0 radical (unpaired) electrons. The maximum Gasteiger partial charge on any atom is 0.185 e. The summed E-state index contributed by atoms with van der Waals surface area (Å²) in [5.74, 6) is 0. The zero-order chi connectivity index (χ0) is 10.1. The van der Waals surface area contributed by atoms with E-state index in [9.17, 15) is 0 Å². The minimum atomic E-state index is -0.250. The van der Waals surface area contributed by atoms with Crippen LogP contribution in [0.25, 0.3) is 0 Å². The van der Waals surface area contributed by atoms with Gasteiger partial charge in [-0.05, 0) is 34.5 Å². The van der Waals surface area contributed by atoms with Crippen LogP contribution in [0.3, 0.4) is 0 Å². The minimum Gasteiger partial charge on any atom is -0.346 e. The van der Waals surface area contributed by atoms with E-state index < -0.39 is 0 Å². The molecule has 1 aromatic carbocycles. The molecule has 0 bridgehead atoms. The lowest BCUT2D eigenvalue weighted by molar-refractivity contribution is -0.0446. The fourth-order valence-electron chi connectivity index (χ4n) is 1.40. The third-order valence-corrected chi connectivity index (χ3v) is 3.69. The van der Waals surface area contributed by atoms with Gasteiger partial charge in [0.2, 0.25) is 0 Å². The number of benzene rings is 1. The first-order valence-corrected chi connectivity index (χ1v) is 5.55. The monoisotopic (exact) mass is 276 g/mol. The molecule has 0 atom stereocenters. The van der Waals surface area contributed by atoms with Gasteiger partial charge in [-0.3, -0.25) is 0 Å². The van der Waals surface area contributed by atoms with Crippen molar-refractivity contribution in [2.45, 2.75) is 13.2 Å². The van der Waals surface area contributed by atoms with Crippen molar-refractivity contribution in [1.29, 1.82) is 0 Å². The molecule has 0 spiro atoms. The fourth-order valence-corrected chi connectivity index (χ4v) is 2.21. The van der Waals surface area contributed by atoms with E-state index in [2.05, 4.69) is 15.9 Å². The lowest BCUT2D eigenvalue weighted by Gasteiger charge is -2.13. The van der Waals surface area contributed by atoms with Gasteiger partial charge in [-0.25, -0.2) is 0 Å². The molecule has 0 N–H and O–H groups in total. The first kappa shape index (κ1) is 10.4. The van der Waals surface area contributed by atoms with Crippen LogP contribution < -0.4 is 0 Å². The van der Waals surface area contributed by atoms with E-state index in [-0.39, 0.29) is 6.29 Å². The van der Waals surface area contributed by atoms with Gasteiger partial charge in [-0.1, -0.05) is 17.7 Å². The predicted molar refractivity (Wildman–Crippen MR) is 58.5 cm³/mol. The molecule has 14 heavy (non-hydrogen) atoms. The third kappa shape index (κ3) is 1.82. The Morgan fingerprint density at radius 1 is 1.36 bits per heavy atom. The number of hydrogen-bond donors (Lipinski definition) is 0. The second kappa shape index (κ2) is 4.19. The van der Waals surface area contributed by atoms with Gasteiger partial charge in [0.25, 0.3) is 0 Å².